The maximum atomic E-state index is 6.20. The van der Waals surface area contributed by atoms with Crippen LogP contribution in [0, 0.1) is 0 Å². The van der Waals surface area contributed by atoms with Crippen LogP contribution in [-0.2, 0) is 0 Å². The summed E-state index contributed by atoms with van der Waals surface area (Å²) in [5.74, 6) is 0. The lowest BCUT2D eigenvalue weighted by molar-refractivity contribution is 1.18. The fraction of sp³-hybridized carbons (Fsp3) is 0. The monoisotopic (exact) mass is 355 g/mol. The first-order chi connectivity index (χ1) is 10.3. The van der Waals surface area contributed by atoms with Gasteiger partial charge in [0.1, 0.15) is 0 Å². The molecule has 4 rings (SSSR count). The average Bonchev–Trinajstić information content (AvgIpc) is 2.83. The summed E-state index contributed by atoms with van der Waals surface area (Å²) < 4.78 is 3.35. The largest absolute Gasteiger partial charge is 0.309 e. The SMILES string of the molecule is Clc1ccc2c(c1)c1c(Br)cccc1n2-c1ccccc1. The molecule has 1 nitrogen and oxygen atoms in total. The molecule has 0 saturated carbocycles. The van der Waals surface area contributed by atoms with Crippen molar-refractivity contribution in [2.24, 2.45) is 0 Å². The fourth-order valence-corrected chi connectivity index (χ4v) is 3.60. The molecule has 0 unspecified atom stereocenters. The molecule has 3 aromatic carbocycles. The number of fused-ring (bicyclic) bond motifs is 3. The van der Waals surface area contributed by atoms with E-state index in [1.54, 1.807) is 0 Å². The Hall–Kier alpha value is -1.77. The average molecular weight is 357 g/mol. The quantitative estimate of drug-likeness (QED) is 0.382. The van der Waals surface area contributed by atoms with Gasteiger partial charge in [0.15, 0.2) is 0 Å². The third-order valence-electron chi connectivity index (χ3n) is 3.72. The molecule has 0 fully saturated rings. The molecule has 0 radical (unpaired) electrons. The van der Waals surface area contributed by atoms with Crippen molar-refractivity contribution in [1.82, 2.24) is 4.57 Å². The highest BCUT2D eigenvalue weighted by atomic mass is 79.9. The molecular weight excluding hydrogens is 346 g/mol. The molecule has 0 amide bonds. The van der Waals surface area contributed by atoms with Crippen molar-refractivity contribution in [3.05, 3.63) is 76.2 Å². The molecule has 0 aliphatic heterocycles. The van der Waals surface area contributed by atoms with E-state index < -0.39 is 0 Å². The highest BCUT2D eigenvalue weighted by Crippen LogP contribution is 2.37. The van der Waals surface area contributed by atoms with Gasteiger partial charge < -0.3 is 4.57 Å². The molecule has 0 atom stereocenters. The van der Waals surface area contributed by atoms with E-state index in [1.165, 1.54) is 10.9 Å². The van der Waals surface area contributed by atoms with Crippen molar-refractivity contribution in [3.8, 4) is 5.69 Å². The van der Waals surface area contributed by atoms with E-state index in [0.717, 1.165) is 26.1 Å². The van der Waals surface area contributed by atoms with Crippen LogP contribution in [0.3, 0.4) is 0 Å². The highest BCUT2D eigenvalue weighted by Gasteiger charge is 2.14. The Morgan fingerprint density at radius 3 is 2.43 bits per heavy atom. The molecule has 1 aromatic heterocycles. The predicted octanol–water partition coefficient (Wildman–Crippen LogP) is 6.20. The van der Waals surface area contributed by atoms with Gasteiger partial charge in [-0.2, -0.15) is 0 Å². The number of aromatic nitrogens is 1. The zero-order valence-corrected chi connectivity index (χ0v) is 13.4. The highest BCUT2D eigenvalue weighted by molar-refractivity contribution is 9.10. The van der Waals surface area contributed by atoms with Crippen molar-refractivity contribution in [2.75, 3.05) is 0 Å². The lowest BCUT2D eigenvalue weighted by Crippen LogP contribution is -1.92. The molecule has 102 valence electrons. The van der Waals surface area contributed by atoms with Gasteiger partial charge in [0.25, 0.3) is 0 Å². The number of nitrogens with zero attached hydrogens (tertiary/aromatic N) is 1. The van der Waals surface area contributed by atoms with Crippen LogP contribution >= 0.6 is 27.5 Å². The topological polar surface area (TPSA) is 4.93 Å². The van der Waals surface area contributed by atoms with Gasteiger partial charge in [-0.25, -0.2) is 0 Å². The first-order valence-electron chi connectivity index (χ1n) is 6.69. The third kappa shape index (κ3) is 1.98. The molecule has 21 heavy (non-hydrogen) atoms. The fourth-order valence-electron chi connectivity index (χ4n) is 2.85. The second-order valence-electron chi connectivity index (χ2n) is 4.97. The molecule has 0 aliphatic rings. The van der Waals surface area contributed by atoms with Crippen LogP contribution in [0.5, 0.6) is 0 Å². The summed E-state index contributed by atoms with van der Waals surface area (Å²) in [6, 6.07) is 22.7. The Morgan fingerprint density at radius 1 is 0.810 bits per heavy atom. The molecule has 1 heterocycles. The minimum absolute atomic E-state index is 0.755. The van der Waals surface area contributed by atoms with Gasteiger partial charge in [0.05, 0.1) is 11.0 Å². The minimum Gasteiger partial charge on any atom is -0.309 e. The summed E-state index contributed by atoms with van der Waals surface area (Å²) >= 11 is 9.87. The van der Waals surface area contributed by atoms with E-state index >= 15 is 0 Å². The standard InChI is InChI=1S/C18H11BrClN/c19-15-7-4-8-17-18(15)14-11-12(20)9-10-16(14)21(17)13-5-2-1-3-6-13/h1-11H. The summed E-state index contributed by atoms with van der Waals surface area (Å²) in [6.07, 6.45) is 0. The molecule has 0 saturated heterocycles. The summed E-state index contributed by atoms with van der Waals surface area (Å²) in [5, 5.41) is 3.11. The van der Waals surface area contributed by atoms with Gasteiger partial charge in [-0.05, 0) is 42.5 Å². The Labute approximate surface area is 135 Å². The maximum Gasteiger partial charge on any atom is 0.0552 e. The van der Waals surface area contributed by atoms with Crippen molar-refractivity contribution in [2.45, 2.75) is 0 Å². The van der Waals surface area contributed by atoms with E-state index in [4.69, 9.17) is 11.6 Å². The summed E-state index contributed by atoms with van der Waals surface area (Å²) in [7, 11) is 0. The number of hydrogen-bond acceptors (Lipinski definition) is 0. The molecular formula is C18H11BrClN. The van der Waals surface area contributed by atoms with Gasteiger partial charge in [-0.3, -0.25) is 0 Å². The maximum absolute atomic E-state index is 6.20. The molecule has 0 aliphatic carbocycles. The number of hydrogen-bond donors (Lipinski definition) is 0. The van der Waals surface area contributed by atoms with Crippen molar-refractivity contribution >= 4 is 49.3 Å². The van der Waals surface area contributed by atoms with Crippen LogP contribution < -0.4 is 0 Å². The zero-order valence-electron chi connectivity index (χ0n) is 11.1. The number of benzene rings is 3. The van der Waals surface area contributed by atoms with Crippen molar-refractivity contribution < 1.29 is 0 Å². The van der Waals surface area contributed by atoms with E-state index in [-0.39, 0.29) is 0 Å². The van der Waals surface area contributed by atoms with E-state index in [9.17, 15) is 0 Å². The van der Waals surface area contributed by atoms with Crippen LogP contribution in [0.25, 0.3) is 27.5 Å². The summed E-state index contributed by atoms with van der Waals surface area (Å²) in [6.45, 7) is 0. The molecule has 0 bridgehead atoms. The number of para-hydroxylation sites is 1. The summed E-state index contributed by atoms with van der Waals surface area (Å²) in [5.41, 5.74) is 3.48. The van der Waals surface area contributed by atoms with Gasteiger partial charge in [-0.15, -0.1) is 0 Å². The van der Waals surface area contributed by atoms with Crippen LogP contribution in [0.4, 0.5) is 0 Å². The smallest absolute Gasteiger partial charge is 0.0552 e. The van der Waals surface area contributed by atoms with E-state index in [2.05, 4.69) is 69.0 Å². The van der Waals surface area contributed by atoms with Crippen LogP contribution in [-0.4, -0.2) is 4.57 Å². The summed E-state index contributed by atoms with van der Waals surface area (Å²) in [4.78, 5) is 0. The van der Waals surface area contributed by atoms with Crippen LogP contribution in [0.2, 0.25) is 5.02 Å². The first kappa shape index (κ1) is 12.9. The third-order valence-corrected chi connectivity index (χ3v) is 4.61. The molecule has 0 spiro atoms. The van der Waals surface area contributed by atoms with Gasteiger partial charge in [0.2, 0.25) is 0 Å². The Kier molecular flexibility index (Phi) is 3.02. The van der Waals surface area contributed by atoms with Crippen molar-refractivity contribution in [1.29, 1.82) is 0 Å². The zero-order chi connectivity index (χ0) is 14.4. The second-order valence-corrected chi connectivity index (χ2v) is 6.26. The van der Waals surface area contributed by atoms with Crippen LogP contribution in [0.15, 0.2) is 71.2 Å². The predicted molar refractivity (Wildman–Crippen MR) is 93.5 cm³/mol. The minimum atomic E-state index is 0.755. The van der Waals surface area contributed by atoms with E-state index in [0.29, 0.717) is 0 Å². The van der Waals surface area contributed by atoms with Gasteiger partial charge >= 0.3 is 0 Å². The molecule has 3 heteroatoms. The number of rotatable bonds is 1. The lowest BCUT2D eigenvalue weighted by atomic mass is 10.1. The normalized spacial score (nSPS) is 11.3. The second kappa shape index (κ2) is 4.90. The Bertz CT molecular complexity index is 957. The van der Waals surface area contributed by atoms with Crippen LogP contribution in [0.1, 0.15) is 0 Å². The van der Waals surface area contributed by atoms with Gasteiger partial charge in [-0.1, -0.05) is 51.8 Å². The molecule has 0 N–H and O–H groups in total. The lowest BCUT2D eigenvalue weighted by Gasteiger charge is -2.07. The van der Waals surface area contributed by atoms with Crippen molar-refractivity contribution in [3.63, 3.8) is 0 Å². The number of halogens is 2. The Balaban J connectivity index is 2.26. The first-order valence-corrected chi connectivity index (χ1v) is 7.86. The van der Waals surface area contributed by atoms with Gasteiger partial charge in [0, 0.05) is 26.0 Å². The molecule has 4 aromatic rings. The Morgan fingerprint density at radius 2 is 1.62 bits per heavy atom. The van der Waals surface area contributed by atoms with E-state index in [1.807, 2.05) is 18.2 Å².